The van der Waals surface area contributed by atoms with Gasteiger partial charge in [-0.3, -0.25) is 4.99 Å². The van der Waals surface area contributed by atoms with Crippen LogP contribution < -0.4 is 15.4 Å². The third kappa shape index (κ3) is 6.07. The van der Waals surface area contributed by atoms with Crippen molar-refractivity contribution in [2.75, 3.05) is 20.6 Å². The van der Waals surface area contributed by atoms with Gasteiger partial charge in [0.05, 0.1) is 4.90 Å². The summed E-state index contributed by atoms with van der Waals surface area (Å²) in [6.45, 7) is 1.23. The van der Waals surface area contributed by atoms with Gasteiger partial charge in [0.2, 0.25) is 10.0 Å². The quantitative estimate of drug-likeness (QED) is 0.282. The summed E-state index contributed by atoms with van der Waals surface area (Å²) < 4.78 is 26.2. The van der Waals surface area contributed by atoms with Crippen molar-refractivity contribution in [2.45, 2.75) is 29.7 Å². The zero-order chi connectivity index (χ0) is 20.2. The molecule has 29 heavy (non-hydrogen) atoms. The molecule has 1 aliphatic rings. The molecule has 0 heterocycles. The van der Waals surface area contributed by atoms with Gasteiger partial charge in [-0.15, -0.1) is 24.0 Å². The van der Waals surface area contributed by atoms with E-state index >= 15 is 0 Å². The van der Waals surface area contributed by atoms with Crippen molar-refractivity contribution >= 4 is 51.6 Å². The lowest BCUT2D eigenvalue weighted by atomic mass is 9.96. The average molecular weight is 549 g/mol. The molecule has 3 rings (SSSR count). The van der Waals surface area contributed by atoms with Crippen LogP contribution in [-0.2, 0) is 22.0 Å². The molecule has 0 aromatic heterocycles. The minimum atomic E-state index is -3.45. The highest BCUT2D eigenvalue weighted by Crippen LogP contribution is 2.48. The summed E-state index contributed by atoms with van der Waals surface area (Å²) in [7, 11) is -0.334. The maximum Gasteiger partial charge on any atom is 0.240 e. The zero-order valence-corrected chi connectivity index (χ0v) is 20.3. The van der Waals surface area contributed by atoms with Crippen molar-refractivity contribution in [2.24, 2.45) is 4.99 Å². The van der Waals surface area contributed by atoms with Crippen molar-refractivity contribution in [1.82, 2.24) is 15.4 Å². The first-order valence-corrected chi connectivity index (χ1v) is 11.0. The number of benzene rings is 2. The Hall–Kier alpha value is -1.36. The number of nitrogens with zero attached hydrogens (tertiary/aromatic N) is 1. The maximum atomic E-state index is 11.9. The number of guanidine groups is 1. The lowest BCUT2D eigenvalue weighted by Crippen LogP contribution is -2.40. The summed E-state index contributed by atoms with van der Waals surface area (Å²) in [5.74, 6) is 0.676. The predicted molar refractivity (Wildman–Crippen MR) is 129 cm³/mol. The van der Waals surface area contributed by atoms with E-state index in [2.05, 4.69) is 26.4 Å². The summed E-state index contributed by atoms with van der Waals surface area (Å²) in [4.78, 5) is 4.52. The maximum absolute atomic E-state index is 11.9. The Morgan fingerprint density at radius 3 is 2.48 bits per heavy atom. The normalized spacial score (nSPS) is 15.3. The van der Waals surface area contributed by atoms with Crippen LogP contribution in [0.3, 0.4) is 0 Å². The highest BCUT2D eigenvalue weighted by Gasteiger charge is 2.44. The molecule has 0 bridgehead atoms. The van der Waals surface area contributed by atoms with Crippen LogP contribution in [0, 0.1) is 0 Å². The van der Waals surface area contributed by atoms with Crippen molar-refractivity contribution in [3.63, 3.8) is 0 Å². The molecule has 0 spiro atoms. The largest absolute Gasteiger partial charge is 0.356 e. The second kappa shape index (κ2) is 10.1. The lowest BCUT2D eigenvalue weighted by molar-refractivity contribution is 0.588. The first-order valence-electron chi connectivity index (χ1n) is 9.12. The minimum absolute atomic E-state index is 0. The lowest BCUT2D eigenvalue weighted by Gasteiger charge is -2.19. The van der Waals surface area contributed by atoms with E-state index in [1.54, 1.807) is 25.2 Å². The van der Waals surface area contributed by atoms with Gasteiger partial charge in [-0.2, -0.15) is 0 Å². The third-order valence-corrected chi connectivity index (χ3v) is 6.69. The van der Waals surface area contributed by atoms with Gasteiger partial charge < -0.3 is 10.6 Å². The molecule has 2 aromatic rings. The number of halogens is 2. The van der Waals surface area contributed by atoms with Crippen LogP contribution >= 0.6 is 35.6 Å². The summed E-state index contributed by atoms with van der Waals surface area (Å²) in [6.07, 6.45) is 2.22. The van der Waals surface area contributed by atoms with Gasteiger partial charge in [0, 0.05) is 30.6 Å². The fourth-order valence-electron chi connectivity index (χ4n) is 3.14. The second-order valence-corrected chi connectivity index (χ2v) is 9.25. The van der Waals surface area contributed by atoms with E-state index in [0.717, 1.165) is 30.0 Å². The Labute approximate surface area is 194 Å². The van der Waals surface area contributed by atoms with Gasteiger partial charge in [0.1, 0.15) is 0 Å². The van der Waals surface area contributed by atoms with Gasteiger partial charge in [-0.25, -0.2) is 13.1 Å². The number of rotatable bonds is 7. The molecule has 0 unspecified atom stereocenters. The molecule has 0 atom stereocenters. The summed E-state index contributed by atoms with van der Waals surface area (Å²) >= 11 is 6.14. The molecule has 3 N–H and O–H groups in total. The Morgan fingerprint density at radius 1 is 1.14 bits per heavy atom. The number of hydrogen-bond acceptors (Lipinski definition) is 3. The fourth-order valence-corrected chi connectivity index (χ4v) is 4.13. The Bertz CT molecular complexity index is 978. The minimum Gasteiger partial charge on any atom is -0.356 e. The Kier molecular flexibility index (Phi) is 8.33. The average Bonchev–Trinajstić information content (AvgIpc) is 3.49. The molecule has 0 amide bonds. The van der Waals surface area contributed by atoms with Crippen molar-refractivity contribution < 1.29 is 8.42 Å². The molecule has 0 aliphatic heterocycles. The van der Waals surface area contributed by atoms with Gasteiger partial charge in [0.25, 0.3) is 0 Å². The summed E-state index contributed by atoms with van der Waals surface area (Å²) in [6, 6.07) is 14.8. The summed E-state index contributed by atoms with van der Waals surface area (Å²) in [5.41, 5.74) is 2.20. The number of hydrogen-bond donors (Lipinski definition) is 3. The van der Waals surface area contributed by atoms with Crippen molar-refractivity contribution in [3.05, 3.63) is 64.7 Å². The van der Waals surface area contributed by atoms with E-state index in [-0.39, 0.29) is 34.3 Å². The van der Waals surface area contributed by atoms with Crippen molar-refractivity contribution in [1.29, 1.82) is 0 Å². The molecule has 1 fully saturated rings. The predicted octanol–water partition coefficient (Wildman–Crippen LogP) is 3.26. The van der Waals surface area contributed by atoms with Crippen LogP contribution in [0.2, 0.25) is 5.02 Å². The van der Waals surface area contributed by atoms with Crippen LogP contribution in [0.4, 0.5) is 0 Å². The molecule has 0 radical (unpaired) electrons. The van der Waals surface area contributed by atoms with Gasteiger partial charge in [-0.05, 0) is 55.3 Å². The summed E-state index contributed by atoms with van der Waals surface area (Å²) in [5, 5.41) is 7.38. The Morgan fingerprint density at radius 2 is 1.86 bits per heavy atom. The van der Waals surface area contributed by atoms with Crippen molar-refractivity contribution in [3.8, 4) is 0 Å². The molecule has 9 heteroatoms. The van der Waals surface area contributed by atoms with E-state index in [1.165, 1.54) is 12.6 Å². The first kappa shape index (κ1) is 23.9. The van der Waals surface area contributed by atoms with Gasteiger partial charge in [-0.1, -0.05) is 35.9 Å². The molecule has 1 saturated carbocycles. The van der Waals surface area contributed by atoms with Crippen LogP contribution in [0.5, 0.6) is 0 Å². The monoisotopic (exact) mass is 548 g/mol. The van der Waals surface area contributed by atoms with Gasteiger partial charge in [0.15, 0.2) is 5.96 Å². The van der Waals surface area contributed by atoms with E-state index < -0.39 is 10.0 Å². The molecule has 158 valence electrons. The third-order valence-electron chi connectivity index (χ3n) is 5.05. The second-order valence-electron chi connectivity index (χ2n) is 6.92. The van der Waals surface area contributed by atoms with Gasteiger partial charge >= 0.3 is 0 Å². The molecule has 2 aromatic carbocycles. The van der Waals surface area contributed by atoms with E-state index in [1.807, 2.05) is 24.3 Å². The molecule has 6 nitrogen and oxygen atoms in total. The number of sulfonamides is 1. The van der Waals surface area contributed by atoms with Crippen LogP contribution in [-0.4, -0.2) is 35.0 Å². The molecule has 1 aliphatic carbocycles. The Balaban J connectivity index is 0.00000300. The van der Waals surface area contributed by atoms with E-state index in [9.17, 15) is 8.42 Å². The van der Waals surface area contributed by atoms with Crippen LogP contribution in [0.15, 0.2) is 58.4 Å². The van der Waals surface area contributed by atoms with Crippen LogP contribution in [0.1, 0.15) is 24.0 Å². The highest BCUT2D eigenvalue weighted by molar-refractivity contribution is 14.0. The van der Waals surface area contributed by atoms with Crippen LogP contribution in [0.25, 0.3) is 0 Å². The number of aliphatic imine (C=N–C) groups is 1. The molecular formula is C20H26ClIN4O2S. The highest BCUT2D eigenvalue weighted by atomic mass is 127. The smallest absolute Gasteiger partial charge is 0.240 e. The molecular weight excluding hydrogens is 523 g/mol. The first-order chi connectivity index (χ1) is 13.4. The zero-order valence-electron chi connectivity index (χ0n) is 16.4. The van der Waals surface area contributed by atoms with E-state index in [0.29, 0.717) is 12.5 Å². The molecule has 0 saturated heterocycles. The van der Waals surface area contributed by atoms with E-state index in [4.69, 9.17) is 11.6 Å². The standard InChI is InChI=1S/C20H25ClN4O2S.HI/c1-22-19(24-13-15-5-3-8-18(11-15)28(26,27)23-2)25-14-20(9-10-20)16-6-4-7-17(21)12-16;/h3-8,11-12,23H,9-10,13-14H2,1-2H3,(H2,22,24,25);1H. The fraction of sp³-hybridized carbons (Fsp3) is 0.350. The number of nitrogens with one attached hydrogen (secondary N) is 3. The topological polar surface area (TPSA) is 82.6 Å². The SMILES string of the molecule is CN=C(NCc1cccc(S(=O)(=O)NC)c1)NCC1(c2cccc(Cl)c2)CC1.I.